The van der Waals surface area contributed by atoms with E-state index in [1.807, 2.05) is 43.5 Å². The monoisotopic (exact) mass is 379 g/mol. The predicted molar refractivity (Wildman–Crippen MR) is 110 cm³/mol. The molecule has 28 heavy (non-hydrogen) atoms. The third-order valence-electron chi connectivity index (χ3n) is 5.52. The lowest BCUT2D eigenvalue weighted by Gasteiger charge is -2.26. The second kappa shape index (κ2) is 8.55. The van der Waals surface area contributed by atoms with Gasteiger partial charge >= 0.3 is 0 Å². The molecule has 148 valence electrons. The van der Waals surface area contributed by atoms with Crippen LogP contribution in [0.5, 0.6) is 0 Å². The molecular weight excluding hydrogens is 350 g/mol. The largest absolute Gasteiger partial charge is 0.342 e. The van der Waals surface area contributed by atoms with Gasteiger partial charge in [-0.25, -0.2) is 0 Å². The SMILES string of the molecule is CC(=O)N1CCCC1C(=O)NC(c1ccc(C(C)C)cn1)c1ccccc1C. The first-order valence-corrected chi connectivity index (χ1v) is 9.97. The first-order chi connectivity index (χ1) is 13.4. The normalized spacial score (nSPS) is 17.6. The van der Waals surface area contributed by atoms with E-state index in [4.69, 9.17) is 0 Å². The summed E-state index contributed by atoms with van der Waals surface area (Å²) in [5.74, 6) is 0.232. The number of amides is 2. The number of likely N-dealkylation sites (tertiary alicyclic amines) is 1. The van der Waals surface area contributed by atoms with Gasteiger partial charge in [-0.3, -0.25) is 14.6 Å². The molecule has 1 aromatic carbocycles. The summed E-state index contributed by atoms with van der Waals surface area (Å²) in [6.07, 6.45) is 3.44. The van der Waals surface area contributed by atoms with Gasteiger partial charge in [0.05, 0.1) is 11.7 Å². The molecule has 1 saturated heterocycles. The number of benzene rings is 1. The summed E-state index contributed by atoms with van der Waals surface area (Å²) < 4.78 is 0. The van der Waals surface area contributed by atoms with Crippen molar-refractivity contribution in [3.8, 4) is 0 Å². The van der Waals surface area contributed by atoms with Gasteiger partial charge in [0.1, 0.15) is 6.04 Å². The Hall–Kier alpha value is -2.69. The van der Waals surface area contributed by atoms with Gasteiger partial charge in [-0.2, -0.15) is 0 Å². The van der Waals surface area contributed by atoms with Crippen molar-refractivity contribution in [2.75, 3.05) is 6.54 Å². The molecule has 2 amide bonds. The molecule has 2 atom stereocenters. The molecule has 1 N–H and O–H groups in total. The van der Waals surface area contributed by atoms with Crippen LogP contribution in [-0.2, 0) is 9.59 Å². The van der Waals surface area contributed by atoms with Gasteiger partial charge in [-0.15, -0.1) is 0 Å². The third kappa shape index (κ3) is 4.24. The minimum absolute atomic E-state index is 0.0514. The summed E-state index contributed by atoms with van der Waals surface area (Å²) >= 11 is 0. The van der Waals surface area contributed by atoms with Crippen LogP contribution in [0.1, 0.15) is 68.0 Å². The molecule has 1 aliphatic heterocycles. The smallest absolute Gasteiger partial charge is 0.243 e. The zero-order valence-corrected chi connectivity index (χ0v) is 17.1. The van der Waals surface area contributed by atoms with Crippen molar-refractivity contribution >= 4 is 11.8 Å². The molecule has 3 rings (SSSR count). The van der Waals surface area contributed by atoms with Gasteiger partial charge in [-0.1, -0.05) is 44.2 Å². The molecule has 0 radical (unpaired) electrons. The third-order valence-corrected chi connectivity index (χ3v) is 5.52. The second-order valence-corrected chi connectivity index (χ2v) is 7.84. The molecule has 0 saturated carbocycles. The topological polar surface area (TPSA) is 62.3 Å². The molecule has 5 heteroatoms. The molecule has 0 aliphatic carbocycles. The number of carbonyl (C=O) groups excluding carboxylic acids is 2. The number of nitrogens with one attached hydrogen (secondary N) is 1. The molecule has 1 aromatic heterocycles. The lowest BCUT2D eigenvalue weighted by Crippen LogP contribution is -2.46. The maximum Gasteiger partial charge on any atom is 0.243 e. The first kappa shape index (κ1) is 20.1. The van der Waals surface area contributed by atoms with Crippen LogP contribution >= 0.6 is 0 Å². The van der Waals surface area contributed by atoms with E-state index in [0.29, 0.717) is 18.9 Å². The van der Waals surface area contributed by atoms with E-state index in [1.165, 1.54) is 6.92 Å². The van der Waals surface area contributed by atoms with Crippen molar-refractivity contribution < 1.29 is 9.59 Å². The molecule has 2 heterocycles. The van der Waals surface area contributed by atoms with Crippen LogP contribution in [0.3, 0.4) is 0 Å². The van der Waals surface area contributed by atoms with Crippen LogP contribution in [0.25, 0.3) is 0 Å². The number of aryl methyl sites for hydroxylation is 1. The van der Waals surface area contributed by atoms with E-state index in [0.717, 1.165) is 28.8 Å². The van der Waals surface area contributed by atoms with Gasteiger partial charge in [-0.05, 0) is 48.4 Å². The maximum absolute atomic E-state index is 13.1. The Labute approximate surface area is 167 Å². The van der Waals surface area contributed by atoms with Gasteiger partial charge < -0.3 is 10.2 Å². The van der Waals surface area contributed by atoms with E-state index in [2.05, 4.69) is 30.2 Å². The van der Waals surface area contributed by atoms with Crippen LogP contribution in [0, 0.1) is 6.92 Å². The fourth-order valence-corrected chi connectivity index (χ4v) is 3.81. The first-order valence-electron chi connectivity index (χ1n) is 9.97. The standard InChI is InChI=1S/C23H29N3O2/c1-15(2)18-11-12-20(24-14-18)22(19-9-6-5-8-16(19)3)25-23(28)21-10-7-13-26(21)17(4)27/h5-6,8-9,11-12,14-15,21-22H,7,10,13H2,1-4H3,(H,25,28). The van der Waals surface area contributed by atoms with Crippen LogP contribution in [0.2, 0.25) is 0 Å². The Morgan fingerprint density at radius 3 is 2.54 bits per heavy atom. The number of aromatic nitrogens is 1. The summed E-state index contributed by atoms with van der Waals surface area (Å²) in [4.78, 5) is 31.3. The van der Waals surface area contributed by atoms with E-state index in [9.17, 15) is 9.59 Å². The molecule has 1 fully saturated rings. The molecular formula is C23H29N3O2. The molecule has 0 spiro atoms. The van der Waals surface area contributed by atoms with Gasteiger partial charge in [0.2, 0.25) is 11.8 Å². The molecule has 0 bridgehead atoms. The van der Waals surface area contributed by atoms with E-state index >= 15 is 0 Å². The zero-order chi connectivity index (χ0) is 20.3. The van der Waals surface area contributed by atoms with E-state index < -0.39 is 6.04 Å². The Morgan fingerprint density at radius 2 is 1.93 bits per heavy atom. The van der Waals surface area contributed by atoms with Crippen LogP contribution < -0.4 is 5.32 Å². The summed E-state index contributed by atoms with van der Waals surface area (Å²) in [5, 5.41) is 3.17. The van der Waals surface area contributed by atoms with Crippen molar-refractivity contribution in [1.82, 2.24) is 15.2 Å². The molecule has 2 aromatic rings. The molecule has 5 nitrogen and oxygen atoms in total. The highest BCUT2D eigenvalue weighted by molar-refractivity contribution is 5.88. The Balaban J connectivity index is 1.92. The number of pyridine rings is 1. The Kier molecular flexibility index (Phi) is 6.12. The number of rotatable bonds is 5. The average Bonchev–Trinajstić information content (AvgIpc) is 3.17. The second-order valence-electron chi connectivity index (χ2n) is 7.84. The zero-order valence-electron chi connectivity index (χ0n) is 17.1. The number of nitrogens with zero attached hydrogens (tertiary/aromatic N) is 2. The lowest BCUT2D eigenvalue weighted by molar-refractivity contribution is -0.137. The predicted octanol–water partition coefficient (Wildman–Crippen LogP) is 3.73. The van der Waals surface area contributed by atoms with Crippen molar-refractivity contribution in [3.05, 3.63) is 65.0 Å². The summed E-state index contributed by atoms with van der Waals surface area (Å²) in [7, 11) is 0. The fraction of sp³-hybridized carbons (Fsp3) is 0.435. The number of hydrogen-bond acceptors (Lipinski definition) is 3. The minimum atomic E-state index is -0.404. The Morgan fingerprint density at radius 1 is 1.18 bits per heavy atom. The lowest BCUT2D eigenvalue weighted by atomic mass is 9.96. The maximum atomic E-state index is 13.1. The Bertz CT molecular complexity index is 845. The van der Waals surface area contributed by atoms with E-state index in [-0.39, 0.29) is 17.9 Å². The summed E-state index contributed by atoms with van der Waals surface area (Å²) in [6, 6.07) is 11.3. The van der Waals surface area contributed by atoms with Crippen LogP contribution in [0.4, 0.5) is 0 Å². The highest BCUT2D eigenvalue weighted by atomic mass is 16.2. The van der Waals surface area contributed by atoms with Crippen molar-refractivity contribution in [2.45, 2.75) is 58.5 Å². The number of carbonyl (C=O) groups is 2. The van der Waals surface area contributed by atoms with Crippen LogP contribution in [-0.4, -0.2) is 34.3 Å². The van der Waals surface area contributed by atoms with Crippen molar-refractivity contribution in [2.24, 2.45) is 0 Å². The quantitative estimate of drug-likeness (QED) is 0.861. The molecule has 1 aliphatic rings. The minimum Gasteiger partial charge on any atom is -0.342 e. The van der Waals surface area contributed by atoms with Gasteiger partial charge in [0.25, 0.3) is 0 Å². The van der Waals surface area contributed by atoms with Gasteiger partial charge in [0.15, 0.2) is 0 Å². The number of hydrogen-bond donors (Lipinski definition) is 1. The van der Waals surface area contributed by atoms with Crippen molar-refractivity contribution in [1.29, 1.82) is 0 Å². The highest BCUT2D eigenvalue weighted by Gasteiger charge is 2.34. The van der Waals surface area contributed by atoms with E-state index in [1.54, 1.807) is 4.90 Å². The molecule has 2 unspecified atom stereocenters. The fourth-order valence-electron chi connectivity index (χ4n) is 3.81. The summed E-state index contributed by atoms with van der Waals surface area (Å²) in [5.41, 5.74) is 4.09. The van der Waals surface area contributed by atoms with Crippen LogP contribution in [0.15, 0.2) is 42.6 Å². The summed E-state index contributed by atoms with van der Waals surface area (Å²) in [6.45, 7) is 8.47. The highest BCUT2D eigenvalue weighted by Crippen LogP contribution is 2.26. The van der Waals surface area contributed by atoms with Crippen molar-refractivity contribution in [3.63, 3.8) is 0 Å². The van der Waals surface area contributed by atoms with Gasteiger partial charge in [0, 0.05) is 19.7 Å². The average molecular weight is 380 g/mol.